The van der Waals surface area contributed by atoms with E-state index in [-0.39, 0.29) is 5.91 Å². The van der Waals surface area contributed by atoms with Crippen molar-refractivity contribution >= 4 is 17.2 Å². The van der Waals surface area contributed by atoms with Gasteiger partial charge in [-0.15, -0.1) is 11.3 Å². The number of hydrogen-bond acceptors (Lipinski definition) is 4. The van der Waals surface area contributed by atoms with Crippen LogP contribution in [0.5, 0.6) is 0 Å². The molecule has 1 amide bonds. The number of rotatable bonds is 3. The molecule has 5 heteroatoms. The number of carbonyl (C=O) groups is 1. The number of piperidine rings is 1. The summed E-state index contributed by atoms with van der Waals surface area (Å²) >= 11 is 1.55. The lowest BCUT2D eigenvalue weighted by atomic mass is 10.0. The Kier molecular flexibility index (Phi) is 4.37. The minimum atomic E-state index is -0.485. The molecule has 0 saturated carbocycles. The molecule has 1 aliphatic heterocycles. The van der Waals surface area contributed by atoms with Gasteiger partial charge in [-0.3, -0.25) is 4.79 Å². The quantitative estimate of drug-likeness (QED) is 0.898. The maximum absolute atomic E-state index is 12.3. The van der Waals surface area contributed by atoms with Gasteiger partial charge in [-0.2, -0.15) is 0 Å². The molecule has 1 saturated heterocycles. The minimum absolute atomic E-state index is 0.0645. The van der Waals surface area contributed by atoms with Crippen molar-refractivity contribution in [2.75, 3.05) is 27.2 Å². The van der Waals surface area contributed by atoms with Crippen molar-refractivity contribution in [1.82, 2.24) is 9.80 Å². The van der Waals surface area contributed by atoms with Crippen molar-refractivity contribution in [3.63, 3.8) is 0 Å². The normalized spacial score (nSPS) is 19.2. The van der Waals surface area contributed by atoms with E-state index in [1.807, 2.05) is 22.4 Å². The van der Waals surface area contributed by atoms with Crippen molar-refractivity contribution in [1.29, 1.82) is 0 Å². The molecular formula is C13H21N3OS. The topological polar surface area (TPSA) is 49.6 Å². The van der Waals surface area contributed by atoms with E-state index in [2.05, 4.69) is 19.0 Å². The molecule has 2 N–H and O–H groups in total. The summed E-state index contributed by atoms with van der Waals surface area (Å²) in [6, 6.07) is 3.97. The predicted octanol–water partition coefficient (Wildman–Crippen LogP) is 1.30. The summed E-state index contributed by atoms with van der Waals surface area (Å²) < 4.78 is 0. The largest absolute Gasteiger partial charge is 0.341 e. The first kappa shape index (κ1) is 13.5. The van der Waals surface area contributed by atoms with Gasteiger partial charge in [0.25, 0.3) is 0 Å². The van der Waals surface area contributed by atoms with Gasteiger partial charge < -0.3 is 15.5 Å². The monoisotopic (exact) mass is 267 g/mol. The second-order valence-electron chi connectivity index (χ2n) is 5.01. The molecule has 1 aromatic rings. The van der Waals surface area contributed by atoms with Crippen LogP contribution in [0.3, 0.4) is 0 Å². The Morgan fingerprint density at radius 2 is 2.17 bits per heavy atom. The van der Waals surface area contributed by atoms with Gasteiger partial charge in [0.1, 0.15) is 6.04 Å². The van der Waals surface area contributed by atoms with Gasteiger partial charge in [0.15, 0.2) is 0 Å². The van der Waals surface area contributed by atoms with Gasteiger partial charge in [0.2, 0.25) is 5.91 Å². The van der Waals surface area contributed by atoms with E-state index >= 15 is 0 Å². The van der Waals surface area contributed by atoms with E-state index in [0.717, 1.165) is 30.8 Å². The zero-order valence-electron chi connectivity index (χ0n) is 11.0. The highest BCUT2D eigenvalue weighted by Gasteiger charge is 2.28. The first-order chi connectivity index (χ1) is 8.59. The van der Waals surface area contributed by atoms with Gasteiger partial charge >= 0.3 is 0 Å². The number of likely N-dealkylation sites (tertiary alicyclic amines) is 1. The highest BCUT2D eigenvalue weighted by Crippen LogP contribution is 2.21. The lowest BCUT2D eigenvalue weighted by Crippen LogP contribution is -2.47. The van der Waals surface area contributed by atoms with E-state index in [9.17, 15) is 4.79 Å². The SMILES string of the molecule is CN(C)C1CCN(C(=O)C(N)c2cccs2)CC1. The van der Waals surface area contributed by atoms with Gasteiger partial charge in [-0.1, -0.05) is 6.07 Å². The Morgan fingerprint density at radius 3 is 2.67 bits per heavy atom. The number of nitrogens with zero attached hydrogens (tertiary/aromatic N) is 2. The summed E-state index contributed by atoms with van der Waals surface area (Å²) in [5, 5.41) is 1.96. The summed E-state index contributed by atoms with van der Waals surface area (Å²) in [7, 11) is 4.19. The van der Waals surface area contributed by atoms with Crippen LogP contribution in [0.1, 0.15) is 23.8 Å². The third-order valence-corrected chi connectivity index (χ3v) is 4.58. The third-order valence-electron chi connectivity index (χ3n) is 3.62. The smallest absolute Gasteiger partial charge is 0.244 e. The molecule has 4 nitrogen and oxygen atoms in total. The maximum atomic E-state index is 12.3. The molecule has 1 unspecified atom stereocenters. The average molecular weight is 267 g/mol. The zero-order valence-corrected chi connectivity index (χ0v) is 11.8. The molecule has 0 radical (unpaired) electrons. The molecule has 0 aliphatic carbocycles. The van der Waals surface area contributed by atoms with Crippen molar-refractivity contribution in [2.45, 2.75) is 24.9 Å². The Bertz CT molecular complexity index is 383. The summed E-state index contributed by atoms with van der Waals surface area (Å²) in [5.41, 5.74) is 6.02. The van der Waals surface area contributed by atoms with Crippen LogP contribution in [0, 0.1) is 0 Å². The highest BCUT2D eigenvalue weighted by molar-refractivity contribution is 7.10. The molecule has 1 aliphatic rings. The predicted molar refractivity (Wildman–Crippen MR) is 74.5 cm³/mol. The van der Waals surface area contributed by atoms with Crippen LogP contribution in [0.25, 0.3) is 0 Å². The number of nitrogens with two attached hydrogens (primary N) is 1. The molecule has 1 aromatic heterocycles. The second kappa shape index (κ2) is 5.82. The lowest BCUT2D eigenvalue weighted by Gasteiger charge is -2.36. The molecule has 2 rings (SSSR count). The first-order valence-electron chi connectivity index (χ1n) is 6.34. The van der Waals surface area contributed by atoms with Crippen LogP contribution in [-0.2, 0) is 4.79 Å². The minimum Gasteiger partial charge on any atom is -0.341 e. The van der Waals surface area contributed by atoms with Crippen LogP contribution in [0.2, 0.25) is 0 Å². The van der Waals surface area contributed by atoms with Crippen LogP contribution < -0.4 is 5.73 Å². The summed E-state index contributed by atoms with van der Waals surface area (Å²) in [4.78, 5) is 17.4. The van der Waals surface area contributed by atoms with Crippen molar-refractivity contribution in [3.8, 4) is 0 Å². The van der Waals surface area contributed by atoms with E-state index in [1.165, 1.54) is 0 Å². The van der Waals surface area contributed by atoms with E-state index in [1.54, 1.807) is 11.3 Å². The second-order valence-corrected chi connectivity index (χ2v) is 5.99. The van der Waals surface area contributed by atoms with Crippen LogP contribution in [-0.4, -0.2) is 48.9 Å². The Balaban J connectivity index is 1.91. The lowest BCUT2D eigenvalue weighted by molar-refractivity contribution is -0.134. The number of thiophene rings is 1. The third kappa shape index (κ3) is 2.91. The first-order valence-corrected chi connectivity index (χ1v) is 7.21. The maximum Gasteiger partial charge on any atom is 0.244 e. The molecule has 0 bridgehead atoms. The summed E-state index contributed by atoms with van der Waals surface area (Å²) in [6.45, 7) is 1.64. The molecule has 0 aromatic carbocycles. The van der Waals surface area contributed by atoms with Crippen LogP contribution in [0.15, 0.2) is 17.5 Å². The standard InChI is InChI=1S/C13H21N3OS/c1-15(2)10-5-7-16(8-6-10)13(17)12(14)11-4-3-9-18-11/h3-4,9-10,12H,5-8,14H2,1-2H3. The molecule has 18 heavy (non-hydrogen) atoms. The Morgan fingerprint density at radius 1 is 1.50 bits per heavy atom. The van der Waals surface area contributed by atoms with E-state index < -0.39 is 6.04 Å². The molecule has 1 fully saturated rings. The fourth-order valence-corrected chi connectivity index (χ4v) is 3.11. The van der Waals surface area contributed by atoms with Crippen molar-refractivity contribution in [3.05, 3.63) is 22.4 Å². The Hall–Kier alpha value is -0.910. The average Bonchev–Trinajstić information content (AvgIpc) is 2.91. The molecule has 100 valence electrons. The molecular weight excluding hydrogens is 246 g/mol. The van der Waals surface area contributed by atoms with Gasteiger partial charge in [0, 0.05) is 24.0 Å². The van der Waals surface area contributed by atoms with E-state index in [4.69, 9.17) is 5.73 Å². The number of hydrogen-bond donors (Lipinski definition) is 1. The summed E-state index contributed by atoms with van der Waals surface area (Å²) in [6.07, 6.45) is 2.08. The number of carbonyl (C=O) groups excluding carboxylic acids is 1. The summed E-state index contributed by atoms with van der Waals surface area (Å²) in [5.74, 6) is 0.0645. The number of amides is 1. The fraction of sp³-hybridized carbons (Fsp3) is 0.615. The fourth-order valence-electron chi connectivity index (χ4n) is 2.39. The Labute approximate surface area is 112 Å². The van der Waals surface area contributed by atoms with Crippen LogP contribution >= 0.6 is 11.3 Å². The van der Waals surface area contributed by atoms with Gasteiger partial charge in [0.05, 0.1) is 0 Å². The van der Waals surface area contributed by atoms with Crippen LogP contribution in [0.4, 0.5) is 0 Å². The van der Waals surface area contributed by atoms with Crippen molar-refractivity contribution in [2.24, 2.45) is 5.73 Å². The zero-order chi connectivity index (χ0) is 13.1. The van der Waals surface area contributed by atoms with Gasteiger partial charge in [-0.05, 0) is 38.4 Å². The van der Waals surface area contributed by atoms with Gasteiger partial charge in [-0.25, -0.2) is 0 Å². The molecule has 1 atom stereocenters. The molecule has 0 spiro atoms. The molecule has 2 heterocycles. The van der Waals surface area contributed by atoms with E-state index in [0.29, 0.717) is 6.04 Å². The highest BCUT2D eigenvalue weighted by atomic mass is 32.1. The van der Waals surface area contributed by atoms with Crippen molar-refractivity contribution < 1.29 is 4.79 Å².